The Morgan fingerprint density at radius 1 is 0.526 bits per heavy atom. The van der Waals surface area contributed by atoms with Crippen LogP contribution in [0.25, 0.3) is 0 Å². The largest absolute Gasteiger partial charge is 0.0651 e. The molecule has 0 saturated heterocycles. The molecule has 0 saturated carbocycles. The van der Waals surface area contributed by atoms with E-state index in [0.717, 1.165) is 47.3 Å². The number of hydrogen-bond donors (Lipinski definition) is 0. The minimum absolute atomic E-state index is 0.789. The summed E-state index contributed by atoms with van der Waals surface area (Å²) in [5, 5.41) is 0. The predicted molar refractivity (Wildman–Crippen MR) is 89.3 cm³/mol. The van der Waals surface area contributed by atoms with Crippen LogP contribution in [-0.4, -0.2) is 0 Å². The second-order valence-corrected chi connectivity index (χ2v) is 8.06. The lowest BCUT2D eigenvalue weighted by Crippen LogP contribution is -2.38. The van der Waals surface area contributed by atoms with Gasteiger partial charge in [-0.05, 0) is 47.3 Å². The van der Waals surface area contributed by atoms with E-state index in [0.29, 0.717) is 0 Å². The van der Waals surface area contributed by atoms with Crippen LogP contribution in [0.2, 0.25) is 0 Å². The topological polar surface area (TPSA) is 0 Å². The smallest absolute Gasteiger partial charge is 0.0327 e. The second kappa shape index (κ2) is 8.32. The Morgan fingerprint density at radius 3 is 1.16 bits per heavy atom. The summed E-state index contributed by atoms with van der Waals surface area (Å²) in [6.45, 7) is 24.3. The van der Waals surface area contributed by atoms with Crippen LogP contribution in [0.4, 0.5) is 0 Å². The number of hydrogen-bond acceptors (Lipinski definition) is 0. The lowest BCUT2D eigenvalue weighted by molar-refractivity contribution is 0.0409. The van der Waals surface area contributed by atoms with Gasteiger partial charge in [0.1, 0.15) is 0 Å². The molecular formula is C19H40. The second-order valence-electron chi connectivity index (χ2n) is 8.06. The molecular weight excluding hydrogens is 228 g/mol. The Morgan fingerprint density at radius 2 is 0.947 bits per heavy atom. The van der Waals surface area contributed by atoms with E-state index in [1.54, 1.807) is 0 Å². The summed E-state index contributed by atoms with van der Waals surface area (Å²) < 4.78 is 0. The molecule has 0 aromatic rings. The molecule has 0 aliphatic rings. The summed E-state index contributed by atoms with van der Waals surface area (Å²) in [6, 6.07) is 0. The van der Waals surface area contributed by atoms with Gasteiger partial charge in [-0.3, -0.25) is 0 Å². The third-order valence-corrected chi connectivity index (χ3v) is 5.46. The van der Waals surface area contributed by atoms with Crippen LogP contribution in [-0.2, 0) is 0 Å². The first-order valence-corrected chi connectivity index (χ1v) is 8.64. The minimum atomic E-state index is 0.789. The van der Waals surface area contributed by atoms with Gasteiger partial charge in [0.05, 0.1) is 0 Å². The Kier molecular flexibility index (Phi) is 8.32. The van der Waals surface area contributed by atoms with Crippen LogP contribution in [0, 0.1) is 47.3 Å². The van der Waals surface area contributed by atoms with E-state index in [1.165, 1.54) is 6.42 Å². The van der Waals surface area contributed by atoms with Gasteiger partial charge in [0.2, 0.25) is 0 Å². The van der Waals surface area contributed by atoms with Crippen molar-refractivity contribution in [1.29, 1.82) is 0 Å². The van der Waals surface area contributed by atoms with Crippen molar-refractivity contribution in [1.82, 2.24) is 0 Å². The van der Waals surface area contributed by atoms with E-state index < -0.39 is 0 Å². The minimum Gasteiger partial charge on any atom is -0.0651 e. The maximum atomic E-state index is 2.48. The standard InChI is InChI=1S/C19H40/c1-11-17(13(4)5)19(15(8)9)18(14(6)7)16(10)12(2)3/h12-19H,11H2,1-10H3. The maximum Gasteiger partial charge on any atom is -0.0327 e. The first-order valence-electron chi connectivity index (χ1n) is 8.64. The lowest BCUT2D eigenvalue weighted by atomic mass is 9.61. The van der Waals surface area contributed by atoms with Crippen LogP contribution in [0.5, 0.6) is 0 Å². The molecule has 0 amide bonds. The zero-order chi connectivity index (χ0) is 15.3. The molecule has 0 rings (SSSR count). The van der Waals surface area contributed by atoms with Gasteiger partial charge in [0, 0.05) is 0 Å². The van der Waals surface area contributed by atoms with Crippen LogP contribution in [0.3, 0.4) is 0 Å². The third kappa shape index (κ3) is 5.12. The fourth-order valence-electron chi connectivity index (χ4n) is 4.26. The van der Waals surface area contributed by atoms with Crippen molar-refractivity contribution in [2.24, 2.45) is 47.3 Å². The van der Waals surface area contributed by atoms with Gasteiger partial charge < -0.3 is 0 Å². The highest BCUT2D eigenvalue weighted by Crippen LogP contribution is 2.44. The van der Waals surface area contributed by atoms with E-state index in [4.69, 9.17) is 0 Å². The van der Waals surface area contributed by atoms with Crippen molar-refractivity contribution in [3.05, 3.63) is 0 Å². The molecule has 0 aromatic carbocycles. The molecule has 0 aliphatic carbocycles. The van der Waals surface area contributed by atoms with E-state index in [-0.39, 0.29) is 0 Å². The SMILES string of the molecule is CCC(C(C)C)C(C(C)C)C(C(C)C)C(C)C(C)C. The molecule has 0 radical (unpaired) electrons. The average molecular weight is 269 g/mol. The van der Waals surface area contributed by atoms with Crippen LogP contribution in [0.15, 0.2) is 0 Å². The molecule has 0 bridgehead atoms. The molecule has 0 fully saturated rings. The Hall–Kier alpha value is 0. The molecule has 116 valence electrons. The summed E-state index contributed by atoms with van der Waals surface area (Å²) in [6.07, 6.45) is 1.33. The average Bonchev–Trinajstić information content (AvgIpc) is 2.26. The van der Waals surface area contributed by atoms with Gasteiger partial charge in [-0.25, -0.2) is 0 Å². The van der Waals surface area contributed by atoms with E-state index in [1.807, 2.05) is 0 Å². The highest BCUT2D eigenvalue weighted by molar-refractivity contribution is 4.86. The molecule has 0 aliphatic heterocycles. The quantitative estimate of drug-likeness (QED) is 0.471. The van der Waals surface area contributed by atoms with Crippen LogP contribution < -0.4 is 0 Å². The van der Waals surface area contributed by atoms with Gasteiger partial charge in [-0.2, -0.15) is 0 Å². The van der Waals surface area contributed by atoms with E-state index in [2.05, 4.69) is 69.2 Å². The predicted octanol–water partition coefficient (Wildman–Crippen LogP) is 6.51. The van der Waals surface area contributed by atoms with Gasteiger partial charge in [-0.1, -0.05) is 75.7 Å². The van der Waals surface area contributed by atoms with Crippen molar-refractivity contribution >= 4 is 0 Å². The highest BCUT2D eigenvalue weighted by atomic mass is 14.4. The maximum absolute atomic E-state index is 2.48. The van der Waals surface area contributed by atoms with Gasteiger partial charge >= 0.3 is 0 Å². The van der Waals surface area contributed by atoms with Crippen molar-refractivity contribution in [3.63, 3.8) is 0 Å². The van der Waals surface area contributed by atoms with Gasteiger partial charge in [-0.15, -0.1) is 0 Å². The highest BCUT2D eigenvalue weighted by Gasteiger charge is 2.37. The molecule has 19 heavy (non-hydrogen) atoms. The summed E-state index contributed by atoms with van der Waals surface area (Å²) in [5.41, 5.74) is 0. The molecule has 0 N–H and O–H groups in total. The van der Waals surface area contributed by atoms with Gasteiger partial charge in [0.15, 0.2) is 0 Å². The zero-order valence-corrected chi connectivity index (χ0v) is 15.3. The summed E-state index contributed by atoms with van der Waals surface area (Å²) >= 11 is 0. The molecule has 0 heteroatoms. The normalized spacial score (nSPS) is 19.3. The van der Waals surface area contributed by atoms with Crippen LogP contribution >= 0.6 is 0 Å². The van der Waals surface area contributed by atoms with Crippen molar-refractivity contribution in [2.45, 2.75) is 75.7 Å². The number of rotatable bonds is 8. The summed E-state index contributed by atoms with van der Waals surface area (Å²) in [5.74, 6) is 6.58. The fraction of sp³-hybridized carbons (Fsp3) is 1.00. The Balaban J connectivity index is 5.40. The molecule has 0 aromatic heterocycles. The molecule has 4 atom stereocenters. The molecule has 0 heterocycles. The summed E-state index contributed by atoms with van der Waals surface area (Å²) in [7, 11) is 0. The van der Waals surface area contributed by atoms with E-state index >= 15 is 0 Å². The lowest BCUT2D eigenvalue weighted by Gasteiger charge is -2.44. The fourth-order valence-corrected chi connectivity index (χ4v) is 4.26. The van der Waals surface area contributed by atoms with E-state index in [9.17, 15) is 0 Å². The van der Waals surface area contributed by atoms with Crippen molar-refractivity contribution < 1.29 is 0 Å². The first kappa shape index (κ1) is 19.0. The summed E-state index contributed by atoms with van der Waals surface area (Å²) in [4.78, 5) is 0. The molecule has 0 spiro atoms. The third-order valence-electron chi connectivity index (χ3n) is 5.46. The molecule has 4 unspecified atom stereocenters. The van der Waals surface area contributed by atoms with Crippen LogP contribution in [0.1, 0.15) is 75.7 Å². The first-order chi connectivity index (χ1) is 8.64. The Labute approximate surface area is 123 Å². The van der Waals surface area contributed by atoms with Gasteiger partial charge in [0.25, 0.3) is 0 Å². The van der Waals surface area contributed by atoms with Crippen molar-refractivity contribution in [2.75, 3.05) is 0 Å². The zero-order valence-electron chi connectivity index (χ0n) is 15.3. The Bertz CT molecular complexity index is 224. The molecule has 0 nitrogen and oxygen atoms in total. The monoisotopic (exact) mass is 268 g/mol. The van der Waals surface area contributed by atoms with Crippen molar-refractivity contribution in [3.8, 4) is 0 Å².